The van der Waals surface area contributed by atoms with E-state index >= 15 is 0 Å². The molecule has 0 saturated heterocycles. The minimum Gasteiger partial charge on any atom is -0.509 e. The number of allylic oxidation sites excluding steroid dienone is 2. The molecule has 1 unspecified atom stereocenters. The van der Waals surface area contributed by atoms with Crippen molar-refractivity contribution in [3.63, 3.8) is 0 Å². The summed E-state index contributed by atoms with van der Waals surface area (Å²) in [6, 6.07) is 0. The Balaban J connectivity index is 3.00. The van der Waals surface area contributed by atoms with Gasteiger partial charge < -0.3 is 10.2 Å². The zero-order chi connectivity index (χ0) is 7.56. The average molecular weight is 138 g/mol. The van der Waals surface area contributed by atoms with Crippen molar-refractivity contribution in [2.75, 3.05) is 0 Å². The van der Waals surface area contributed by atoms with Crippen LogP contribution in [0.25, 0.3) is 0 Å². The number of aliphatic hydroxyl groups is 2. The number of hydrogen-bond donors (Lipinski definition) is 2. The maximum atomic E-state index is 10.0. The molecule has 10 heavy (non-hydrogen) atoms. The van der Waals surface area contributed by atoms with Crippen molar-refractivity contribution < 1.29 is 15.0 Å². The van der Waals surface area contributed by atoms with Crippen LogP contribution in [0.3, 0.4) is 0 Å². The van der Waals surface area contributed by atoms with E-state index < -0.39 is 6.10 Å². The first-order chi connectivity index (χ1) is 4.75. The maximum Gasteiger partial charge on any atom is 0.146 e. The second-order valence-corrected chi connectivity index (χ2v) is 1.91. The van der Waals surface area contributed by atoms with Crippen LogP contribution < -0.4 is 0 Å². The molecule has 52 valence electrons. The third-order valence-electron chi connectivity index (χ3n) is 1.24. The highest BCUT2D eigenvalue weighted by atomic mass is 16.3. The summed E-state index contributed by atoms with van der Waals surface area (Å²) in [5.41, 5.74) is 0.0556. The molecule has 3 nitrogen and oxygen atoms in total. The van der Waals surface area contributed by atoms with Gasteiger partial charge in [-0.1, -0.05) is 6.08 Å². The fourth-order valence-corrected chi connectivity index (χ4v) is 0.682. The van der Waals surface area contributed by atoms with Crippen molar-refractivity contribution in [3.8, 4) is 0 Å². The van der Waals surface area contributed by atoms with Crippen LogP contribution in [0.15, 0.2) is 29.6 Å². The zero-order valence-electron chi connectivity index (χ0n) is 5.11. The Morgan fingerprint density at radius 2 is 2.30 bits per heavy atom. The summed E-state index contributed by atoms with van der Waals surface area (Å²) in [5, 5.41) is 17.8. The lowest BCUT2D eigenvalue weighted by Crippen LogP contribution is -2.14. The second-order valence-electron chi connectivity index (χ2n) is 1.91. The number of rotatable bonds is 0. The van der Waals surface area contributed by atoms with Crippen LogP contribution in [-0.4, -0.2) is 22.3 Å². The Bertz CT molecular complexity index is 244. The summed E-state index contributed by atoms with van der Waals surface area (Å²) in [4.78, 5) is 10.0. The van der Waals surface area contributed by atoms with Gasteiger partial charge in [0.1, 0.15) is 17.8 Å². The molecule has 0 radical (unpaired) electrons. The van der Waals surface area contributed by atoms with Crippen LogP contribution in [0.2, 0.25) is 0 Å². The van der Waals surface area contributed by atoms with Crippen LogP contribution in [0.5, 0.6) is 0 Å². The lowest BCUT2D eigenvalue weighted by Gasteiger charge is -2.09. The summed E-state index contributed by atoms with van der Waals surface area (Å²) in [6.07, 6.45) is 3.01. The van der Waals surface area contributed by atoms with Crippen LogP contribution in [0.1, 0.15) is 0 Å². The molecule has 0 spiro atoms. The quantitative estimate of drug-likeness (QED) is 0.467. The van der Waals surface area contributed by atoms with Crippen molar-refractivity contribution in [2.24, 2.45) is 0 Å². The van der Waals surface area contributed by atoms with Gasteiger partial charge in [0, 0.05) is 0 Å². The summed E-state index contributed by atoms with van der Waals surface area (Å²) in [7, 11) is 0. The molecule has 0 fully saturated rings. The van der Waals surface area contributed by atoms with E-state index in [1.54, 1.807) is 0 Å². The van der Waals surface area contributed by atoms with Gasteiger partial charge >= 0.3 is 0 Å². The van der Waals surface area contributed by atoms with Crippen LogP contribution >= 0.6 is 0 Å². The molecule has 3 heteroatoms. The van der Waals surface area contributed by atoms with Crippen LogP contribution in [0, 0.1) is 0 Å². The highest BCUT2D eigenvalue weighted by molar-refractivity contribution is 5.62. The van der Waals surface area contributed by atoms with Crippen molar-refractivity contribution in [3.05, 3.63) is 29.6 Å². The van der Waals surface area contributed by atoms with Gasteiger partial charge in [-0.3, -0.25) is 0 Å². The molecule has 0 aromatic rings. The van der Waals surface area contributed by atoms with Gasteiger partial charge in [0.15, 0.2) is 0 Å². The predicted molar refractivity (Wildman–Crippen MR) is 35.1 cm³/mol. The van der Waals surface area contributed by atoms with Crippen molar-refractivity contribution in [1.29, 1.82) is 0 Å². The summed E-state index contributed by atoms with van der Waals surface area (Å²) < 4.78 is 0. The third kappa shape index (κ3) is 1.00. The molecule has 2 N–H and O–H groups in total. The monoisotopic (exact) mass is 138 g/mol. The van der Waals surface area contributed by atoms with Gasteiger partial charge in [0.2, 0.25) is 0 Å². The van der Waals surface area contributed by atoms with Gasteiger partial charge in [0.05, 0.1) is 5.57 Å². The molecule has 0 aromatic carbocycles. The Morgan fingerprint density at radius 3 is 2.80 bits per heavy atom. The van der Waals surface area contributed by atoms with Crippen molar-refractivity contribution in [2.45, 2.75) is 6.10 Å². The molecule has 1 atom stereocenters. The SMILES string of the molecule is O=C=C1C=CC=C(O)C1O. The van der Waals surface area contributed by atoms with Crippen LogP contribution in [-0.2, 0) is 4.79 Å². The first-order valence-electron chi connectivity index (χ1n) is 2.76. The van der Waals surface area contributed by atoms with Crippen molar-refractivity contribution >= 4 is 5.94 Å². The summed E-state index contributed by atoms with van der Waals surface area (Å²) in [5.74, 6) is 1.29. The molecule has 0 aliphatic heterocycles. The first kappa shape index (κ1) is 6.81. The minimum atomic E-state index is -1.19. The van der Waals surface area contributed by atoms with E-state index in [4.69, 9.17) is 10.2 Å². The second kappa shape index (κ2) is 2.52. The molecule has 0 saturated carbocycles. The van der Waals surface area contributed by atoms with E-state index in [9.17, 15) is 4.79 Å². The Morgan fingerprint density at radius 1 is 1.60 bits per heavy atom. The highest BCUT2D eigenvalue weighted by Crippen LogP contribution is 2.13. The van der Waals surface area contributed by atoms with Gasteiger partial charge in [-0.05, 0) is 12.2 Å². The Kier molecular flexibility index (Phi) is 1.71. The predicted octanol–water partition coefficient (Wildman–Crippen LogP) is 0.117. The molecular weight excluding hydrogens is 132 g/mol. The van der Waals surface area contributed by atoms with E-state index in [-0.39, 0.29) is 11.3 Å². The maximum absolute atomic E-state index is 10.0. The van der Waals surface area contributed by atoms with Crippen molar-refractivity contribution in [1.82, 2.24) is 0 Å². The fraction of sp³-hybridized carbons (Fsp3) is 0.143. The van der Waals surface area contributed by atoms with E-state index in [0.717, 1.165) is 0 Å². The molecular formula is C7H6O3. The standard InChI is InChI=1S/C7H6O3/c8-4-5-2-1-3-6(9)7(5)10/h1-3,7,9-10H. The minimum absolute atomic E-state index is 0.0556. The van der Waals surface area contributed by atoms with E-state index in [1.165, 1.54) is 24.2 Å². The number of carbonyl (C=O) groups excluding carboxylic acids is 1. The Labute approximate surface area is 57.6 Å². The summed E-state index contributed by atoms with van der Waals surface area (Å²) >= 11 is 0. The van der Waals surface area contributed by atoms with E-state index in [0.29, 0.717) is 0 Å². The van der Waals surface area contributed by atoms with E-state index in [2.05, 4.69) is 0 Å². The van der Waals surface area contributed by atoms with Gasteiger partial charge in [0.25, 0.3) is 0 Å². The van der Waals surface area contributed by atoms with Gasteiger partial charge in [-0.15, -0.1) is 0 Å². The lowest BCUT2D eigenvalue weighted by atomic mass is 10.1. The molecule has 1 rings (SSSR count). The van der Waals surface area contributed by atoms with Gasteiger partial charge in [-0.2, -0.15) is 0 Å². The first-order valence-corrected chi connectivity index (χ1v) is 2.76. The van der Waals surface area contributed by atoms with E-state index in [1.807, 2.05) is 0 Å². The summed E-state index contributed by atoms with van der Waals surface area (Å²) in [6.45, 7) is 0. The van der Waals surface area contributed by atoms with Gasteiger partial charge in [-0.25, -0.2) is 4.79 Å². The Hall–Kier alpha value is -1.31. The molecule has 0 bridgehead atoms. The number of aliphatic hydroxyl groups excluding tert-OH is 2. The fourth-order valence-electron chi connectivity index (χ4n) is 0.682. The smallest absolute Gasteiger partial charge is 0.146 e. The highest BCUT2D eigenvalue weighted by Gasteiger charge is 2.15. The zero-order valence-corrected chi connectivity index (χ0v) is 5.11. The molecule has 0 heterocycles. The largest absolute Gasteiger partial charge is 0.509 e. The molecule has 0 aromatic heterocycles. The third-order valence-corrected chi connectivity index (χ3v) is 1.24. The normalized spacial score (nSPS) is 23.9. The lowest BCUT2D eigenvalue weighted by molar-refractivity contribution is 0.185. The number of hydrogen-bond acceptors (Lipinski definition) is 3. The molecule has 1 aliphatic carbocycles. The molecule has 1 aliphatic rings. The van der Waals surface area contributed by atoms with Crippen LogP contribution in [0.4, 0.5) is 0 Å². The topological polar surface area (TPSA) is 57.5 Å². The molecule has 0 amide bonds. The average Bonchev–Trinajstić information content (AvgIpc) is 1.95.